The second-order valence-electron chi connectivity index (χ2n) is 8.05. The summed E-state index contributed by atoms with van der Waals surface area (Å²) in [6, 6.07) is 6.21. The lowest BCUT2D eigenvalue weighted by molar-refractivity contribution is -0.384. The van der Waals surface area contributed by atoms with Crippen molar-refractivity contribution in [3.05, 3.63) is 61.7 Å². The van der Waals surface area contributed by atoms with Crippen LogP contribution in [0.5, 0.6) is 0 Å². The molecule has 1 aliphatic rings. The third kappa shape index (κ3) is 6.30. The number of rotatable bonds is 9. The van der Waals surface area contributed by atoms with Crippen molar-refractivity contribution >= 4 is 46.2 Å². The molecule has 0 saturated carbocycles. The second kappa shape index (κ2) is 11.9. The molecule has 12 nitrogen and oxygen atoms in total. The summed E-state index contributed by atoms with van der Waals surface area (Å²) in [7, 11) is 0. The predicted molar refractivity (Wildman–Crippen MR) is 135 cm³/mol. The molecule has 3 aromatic rings. The lowest BCUT2D eigenvalue weighted by atomic mass is 9.97. The number of hydrogen-bond acceptors (Lipinski definition) is 10. The summed E-state index contributed by atoms with van der Waals surface area (Å²) in [4.78, 5) is 46.9. The standard InChI is InChI=1S/C23H23ClN6O6S/c1-2-35-20(31)12-36-28-21(17-5-8-25-27-17)23(32)29-9-6-14(7-10-29)22-26-18(13-37-22)15-3-4-16(24)19(11-15)30(33)34/h3-5,8,11,13-14H,2,6-7,9-10,12H2,1H3,(H,25,27)/b28-21+. The van der Waals surface area contributed by atoms with E-state index in [9.17, 15) is 19.7 Å². The molecular formula is C23H23ClN6O6S. The zero-order valence-electron chi connectivity index (χ0n) is 19.8. The highest BCUT2D eigenvalue weighted by Crippen LogP contribution is 2.35. The van der Waals surface area contributed by atoms with Gasteiger partial charge in [0.1, 0.15) is 5.02 Å². The number of piperidine rings is 1. The van der Waals surface area contributed by atoms with Crippen LogP contribution >= 0.6 is 22.9 Å². The van der Waals surface area contributed by atoms with Crippen molar-refractivity contribution in [1.29, 1.82) is 0 Å². The van der Waals surface area contributed by atoms with Gasteiger partial charge in [0.15, 0.2) is 5.71 Å². The van der Waals surface area contributed by atoms with E-state index in [1.54, 1.807) is 24.0 Å². The molecule has 14 heteroatoms. The van der Waals surface area contributed by atoms with Crippen LogP contribution in [0.4, 0.5) is 5.69 Å². The van der Waals surface area contributed by atoms with Gasteiger partial charge in [-0.05, 0) is 31.9 Å². The second-order valence-corrected chi connectivity index (χ2v) is 9.35. The van der Waals surface area contributed by atoms with E-state index in [-0.39, 0.29) is 34.9 Å². The number of H-pyrrole nitrogens is 1. The number of aromatic nitrogens is 3. The Kier molecular flexibility index (Phi) is 8.46. The van der Waals surface area contributed by atoms with Crippen molar-refractivity contribution in [2.45, 2.75) is 25.7 Å². The van der Waals surface area contributed by atoms with Crippen LogP contribution in [-0.2, 0) is 19.2 Å². The molecule has 1 N–H and O–H groups in total. The Morgan fingerprint density at radius 2 is 2.11 bits per heavy atom. The lowest BCUT2D eigenvalue weighted by Crippen LogP contribution is -2.42. The minimum Gasteiger partial charge on any atom is -0.463 e. The van der Waals surface area contributed by atoms with Crippen molar-refractivity contribution in [1.82, 2.24) is 20.1 Å². The average Bonchev–Trinajstić information content (AvgIpc) is 3.60. The van der Waals surface area contributed by atoms with Gasteiger partial charge in [-0.2, -0.15) is 5.10 Å². The fourth-order valence-electron chi connectivity index (χ4n) is 3.84. The molecule has 1 amide bonds. The van der Waals surface area contributed by atoms with Crippen LogP contribution < -0.4 is 0 Å². The van der Waals surface area contributed by atoms with Crippen molar-refractivity contribution in [2.75, 3.05) is 26.3 Å². The topological polar surface area (TPSA) is 153 Å². The number of esters is 1. The molecule has 0 atom stereocenters. The summed E-state index contributed by atoms with van der Waals surface area (Å²) in [5.74, 6) is -0.794. The smallest absolute Gasteiger partial charge is 0.347 e. The summed E-state index contributed by atoms with van der Waals surface area (Å²) in [6.07, 6.45) is 2.85. The predicted octanol–water partition coefficient (Wildman–Crippen LogP) is 3.78. The van der Waals surface area contributed by atoms with Crippen molar-refractivity contribution in [2.24, 2.45) is 5.16 Å². The van der Waals surface area contributed by atoms with Gasteiger partial charge in [0, 0.05) is 42.2 Å². The summed E-state index contributed by atoms with van der Waals surface area (Å²) in [5, 5.41) is 24.5. The molecule has 4 rings (SSSR count). The van der Waals surface area contributed by atoms with Gasteiger partial charge in [-0.1, -0.05) is 22.8 Å². The van der Waals surface area contributed by atoms with Crippen LogP contribution in [0.25, 0.3) is 11.3 Å². The molecule has 0 bridgehead atoms. The zero-order chi connectivity index (χ0) is 26.4. The number of carbonyl (C=O) groups is 2. The molecule has 3 heterocycles. The van der Waals surface area contributed by atoms with Crippen LogP contribution in [0.3, 0.4) is 0 Å². The fraction of sp³-hybridized carbons (Fsp3) is 0.348. The van der Waals surface area contributed by atoms with Crippen LogP contribution in [0.1, 0.15) is 36.4 Å². The molecule has 0 aliphatic carbocycles. The highest BCUT2D eigenvalue weighted by Gasteiger charge is 2.30. The molecule has 1 aromatic carbocycles. The van der Waals surface area contributed by atoms with E-state index < -0.39 is 17.5 Å². The molecule has 0 unspecified atom stereocenters. The largest absolute Gasteiger partial charge is 0.463 e. The molecule has 1 aliphatic heterocycles. The molecule has 1 fully saturated rings. The number of carbonyl (C=O) groups excluding carboxylic acids is 2. The first-order valence-corrected chi connectivity index (χ1v) is 12.7. The number of nitrogens with one attached hydrogen (secondary N) is 1. The maximum absolute atomic E-state index is 13.2. The van der Waals surface area contributed by atoms with Gasteiger partial charge >= 0.3 is 5.97 Å². The number of oxime groups is 1. The van der Waals surface area contributed by atoms with Gasteiger partial charge in [0.2, 0.25) is 6.61 Å². The number of benzene rings is 1. The third-order valence-corrected chi connectivity index (χ3v) is 7.02. The first-order chi connectivity index (χ1) is 17.9. The number of nitro groups is 1. The number of ether oxygens (including phenoxy) is 1. The summed E-state index contributed by atoms with van der Waals surface area (Å²) < 4.78 is 4.81. The van der Waals surface area contributed by atoms with Crippen molar-refractivity contribution in [3.8, 4) is 11.3 Å². The van der Waals surface area contributed by atoms with Crippen molar-refractivity contribution in [3.63, 3.8) is 0 Å². The van der Waals surface area contributed by atoms with Gasteiger partial charge in [-0.25, -0.2) is 9.78 Å². The number of nitro benzene ring substituents is 1. The Morgan fingerprint density at radius 3 is 2.78 bits per heavy atom. The van der Waals surface area contributed by atoms with Crippen LogP contribution in [0.15, 0.2) is 41.0 Å². The van der Waals surface area contributed by atoms with Crippen LogP contribution in [0.2, 0.25) is 5.02 Å². The quantitative estimate of drug-likeness (QED) is 0.184. The molecule has 0 spiro atoms. The van der Waals surface area contributed by atoms with E-state index in [1.165, 1.54) is 29.7 Å². The van der Waals surface area contributed by atoms with E-state index >= 15 is 0 Å². The van der Waals surface area contributed by atoms with Gasteiger partial charge in [-0.3, -0.25) is 20.0 Å². The number of thiazole rings is 1. The first-order valence-electron chi connectivity index (χ1n) is 11.4. The maximum Gasteiger partial charge on any atom is 0.347 e. The number of aromatic amines is 1. The Bertz CT molecular complexity index is 1300. The highest BCUT2D eigenvalue weighted by molar-refractivity contribution is 7.10. The Morgan fingerprint density at radius 1 is 1.32 bits per heavy atom. The first kappa shape index (κ1) is 26.2. The van der Waals surface area contributed by atoms with E-state index in [0.717, 1.165) is 5.01 Å². The summed E-state index contributed by atoms with van der Waals surface area (Å²) in [5.41, 5.74) is 1.49. The number of amides is 1. The molecular weight excluding hydrogens is 524 g/mol. The Labute approximate surface area is 220 Å². The number of likely N-dealkylation sites (tertiary alicyclic amines) is 1. The molecule has 2 aromatic heterocycles. The van der Waals surface area contributed by atoms with Gasteiger partial charge in [0.05, 0.1) is 27.9 Å². The van der Waals surface area contributed by atoms with E-state index in [0.29, 0.717) is 42.9 Å². The lowest BCUT2D eigenvalue weighted by Gasteiger charge is -2.31. The summed E-state index contributed by atoms with van der Waals surface area (Å²) in [6.45, 7) is 2.42. The SMILES string of the molecule is CCOC(=O)CO/N=C(/C(=O)N1CCC(c2nc(-c3ccc(Cl)c([N+](=O)[O-])c3)cs2)CC1)c1ccn[nH]1. The van der Waals surface area contributed by atoms with E-state index in [2.05, 4.69) is 15.4 Å². The minimum absolute atomic E-state index is 0.0149. The average molecular weight is 547 g/mol. The van der Waals surface area contributed by atoms with Gasteiger partial charge < -0.3 is 14.5 Å². The molecule has 37 heavy (non-hydrogen) atoms. The highest BCUT2D eigenvalue weighted by atomic mass is 35.5. The molecule has 0 radical (unpaired) electrons. The monoisotopic (exact) mass is 546 g/mol. The summed E-state index contributed by atoms with van der Waals surface area (Å²) >= 11 is 7.40. The van der Waals surface area contributed by atoms with Crippen LogP contribution in [0, 0.1) is 10.1 Å². The zero-order valence-corrected chi connectivity index (χ0v) is 21.3. The van der Waals surface area contributed by atoms with E-state index in [1.807, 2.05) is 5.38 Å². The number of halogens is 1. The Balaban J connectivity index is 1.41. The van der Waals surface area contributed by atoms with Gasteiger partial charge in [-0.15, -0.1) is 11.3 Å². The number of nitrogens with zero attached hydrogens (tertiary/aromatic N) is 5. The maximum atomic E-state index is 13.2. The molecule has 194 valence electrons. The third-order valence-electron chi connectivity index (χ3n) is 5.69. The van der Waals surface area contributed by atoms with E-state index in [4.69, 9.17) is 26.2 Å². The minimum atomic E-state index is -0.584. The van der Waals surface area contributed by atoms with Crippen molar-refractivity contribution < 1.29 is 24.1 Å². The Hall–Kier alpha value is -3.84. The fourth-order valence-corrected chi connectivity index (χ4v) is 5.03. The molecule has 1 saturated heterocycles. The van der Waals surface area contributed by atoms with Gasteiger partial charge in [0.25, 0.3) is 11.6 Å². The number of hydrogen-bond donors (Lipinski definition) is 1. The normalized spacial score (nSPS) is 14.4. The van der Waals surface area contributed by atoms with Crippen LogP contribution in [-0.4, -0.2) is 68.9 Å².